The van der Waals surface area contributed by atoms with Gasteiger partial charge in [0.15, 0.2) is 5.82 Å². The average molecular weight is 374 g/mol. The van der Waals surface area contributed by atoms with Gasteiger partial charge in [-0.1, -0.05) is 25.4 Å². The first kappa shape index (κ1) is 13.7. The molecule has 2 heterocycles. The number of pyridine rings is 1. The van der Waals surface area contributed by atoms with Crippen LogP contribution in [0.5, 0.6) is 0 Å². The minimum absolute atomic E-state index is 0.521. The van der Waals surface area contributed by atoms with Gasteiger partial charge in [-0.25, -0.2) is 9.97 Å². The van der Waals surface area contributed by atoms with Gasteiger partial charge in [0.25, 0.3) is 0 Å². The quantitative estimate of drug-likeness (QED) is 0.603. The van der Waals surface area contributed by atoms with E-state index in [1.165, 1.54) is 0 Å². The van der Waals surface area contributed by atoms with Crippen molar-refractivity contribution in [3.63, 3.8) is 0 Å². The van der Waals surface area contributed by atoms with Crippen LogP contribution in [0, 0.1) is 9.49 Å². The third kappa shape index (κ3) is 3.17. The summed E-state index contributed by atoms with van der Waals surface area (Å²) in [6.45, 7) is 4.33. The molecule has 2 rings (SSSR count). The van der Waals surface area contributed by atoms with Crippen molar-refractivity contribution < 1.29 is 0 Å². The smallest absolute Gasteiger partial charge is 0.161 e. The van der Waals surface area contributed by atoms with Crippen LogP contribution in [0.2, 0.25) is 5.15 Å². The molecule has 18 heavy (non-hydrogen) atoms. The van der Waals surface area contributed by atoms with Crippen LogP contribution in [0.3, 0.4) is 0 Å². The first-order valence-electron chi connectivity index (χ1n) is 5.70. The summed E-state index contributed by atoms with van der Waals surface area (Å²) >= 11 is 8.38. The molecule has 0 atom stereocenters. The summed E-state index contributed by atoms with van der Waals surface area (Å²) in [5, 5.41) is 0.521. The number of rotatable bonds is 3. The van der Waals surface area contributed by atoms with Gasteiger partial charge in [0.2, 0.25) is 0 Å². The highest BCUT2D eigenvalue weighted by Gasteiger charge is 2.13. The van der Waals surface area contributed by atoms with Gasteiger partial charge in [0, 0.05) is 18.0 Å². The Morgan fingerprint density at radius 2 is 1.89 bits per heavy atom. The zero-order valence-electron chi connectivity index (χ0n) is 10.2. The van der Waals surface area contributed by atoms with E-state index >= 15 is 0 Å². The van der Waals surface area contributed by atoms with Crippen LogP contribution in [0.1, 0.15) is 19.5 Å². The second-order valence-electron chi connectivity index (χ2n) is 4.43. The minimum atomic E-state index is 0.521. The first-order valence-corrected chi connectivity index (χ1v) is 7.16. The Balaban J connectivity index is 2.47. The van der Waals surface area contributed by atoms with Gasteiger partial charge in [-0.3, -0.25) is 4.98 Å². The van der Waals surface area contributed by atoms with E-state index in [9.17, 15) is 0 Å². The molecule has 3 nitrogen and oxygen atoms in total. The molecule has 0 aliphatic carbocycles. The monoisotopic (exact) mass is 373 g/mol. The third-order valence-electron chi connectivity index (χ3n) is 2.42. The molecule has 0 saturated carbocycles. The van der Waals surface area contributed by atoms with E-state index in [2.05, 4.69) is 51.4 Å². The number of hydrogen-bond donors (Lipinski definition) is 0. The summed E-state index contributed by atoms with van der Waals surface area (Å²) < 4.78 is 0.945. The number of halogens is 2. The molecule has 0 aromatic carbocycles. The maximum Gasteiger partial charge on any atom is 0.161 e. The molecule has 0 aliphatic heterocycles. The van der Waals surface area contributed by atoms with Crippen molar-refractivity contribution in [3.05, 3.63) is 38.9 Å². The average Bonchev–Trinajstić information content (AvgIpc) is 2.35. The van der Waals surface area contributed by atoms with Gasteiger partial charge < -0.3 is 0 Å². The molecular formula is C13H13ClIN3. The topological polar surface area (TPSA) is 38.7 Å². The largest absolute Gasteiger partial charge is 0.265 e. The lowest BCUT2D eigenvalue weighted by Gasteiger charge is -2.10. The molecule has 2 aromatic heterocycles. The van der Waals surface area contributed by atoms with Gasteiger partial charge in [0.05, 0.1) is 9.26 Å². The van der Waals surface area contributed by atoms with Crippen LogP contribution in [-0.4, -0.2) is 15.0 Å². The van der Waals surface area contributed by atoms with Gasteiger partial charge in [-0.15, -0.1) is 0 Å². The Morgan fingerprint density at radius 3 is 2.50 bits per heavy atom. The molecule has 0 spiro atoms. The van der Waals surface area contributed by atoms with Crippen LogP contribution in [0.15, 0.2) is 24.5 Å². The predicted molar refractivity (Wildman–Crippen MR) is 81.5 cm³/mol. The molecule has 5 heteroatoms. The van der Waals surface area contributed by atoms with E-state index < -0.39 is 0 Å². The molecule has 0 radical (unpaired) electrons. The van der Waals surface area contributed by atoms with E-state index in [0.29, 0.717) is 16.9 Å². The summed E-state index contributed by atoms with van der Waals surface area (Å²) in [7, 11) is 0. The maximum atomic E-state index is 6.18. The fourth-order valence-electron chi connectivity index (χ4n) is 1.62. The molecule has 0 amide bonds. The predicted octanol–water partition coefficient (Wildman–Crippen LogP) is 4.00. The highest BCUT2D eigenvalue weighted by Crippen LogP contribution is 2.25. The number of nitrogens with zero attached hydrogens (tertiary/aromatic N) is 3. The SMILES string of the molecule is CC(C)Cc1nc(-c2ccncc2)nc(Cl)c1I. The van der Waals surface area contributed by atoms with Crippen LogP contribution in [-0.2, 0) is 6.42 Å². The summed E-state index contributed by atoms with van der Waals surface area (Å²) in [5.41, 5.74) is 1.95. The van der Waals surface area contributed by atoms with Crippen molar-refractivity contribution in [2.45, 2.75) is 20.3 Å². The third-order valence-corrected chi connectivity index (χ3v) is 4.15. The molecule has 0 fully saturated rings. The number of hydrogen-bond acceptors (Lipinski definition) is 3. The zero-order chi connectivity index (χ0) is 13.1. The Morgan fingerprint density at radius 1 is 1.22 bits per heavy atom. The fourth-order valence-corrected chi connectivity index (χ4v) is 2.27. The Labute approximate surface area is 125 Å². The standard InChI is InChI=1S/C13H13ClIN3/c1-8(2)7-10-11(15)12(14)18-13(17-10)9-3-5-16-6-4-9/h3-6,8H,7H2,1-2H3. The summed E-state index contributed by atoms with van der Waals surface area (Å²) in [6.07, 6.45) is 4.36. The Hall–Kier alpha value is -0.750. The fraction of sp³-hybridized carbons (Fsp3) is 0.308. The lowest BCUT2D eigenvalue weighted by molar-refractivity contribution is 0.632. The molecule has 0 aliphatic rings. The van der Waals surface area contributed by atoms with E-state index in [1.54, 1.807) is 12.4 Å². The van der Waals surface area contributed by atoms with Gasteiger partial charge in [-0.05, 0) is 47.1 Å². The van der Waals surface area contributed by atoms with Crippen molar-refractivity contribution >= 4 is 34.2 Å². The molecule has 0 N–H and O–H groups in total. The minimum Gasteiger partial charge on any atom is -0.265 e. The van der Waals surface area contributed by atoms with Crippen molar-refractivity contribution in [1.82, 2.24) is 15.0 Å². The van der Waals surface area contributed by atoms with E-state index in [0.717, 1.165) is 21.2 Å². The molecular weight excluding hydrogens is 361 g/mol. The van der Waals surface area contributed by atoms with E-state index in [-0.39, 0.29) is 0 Å². The Bertz CT molecular complexity index is 543. The summed E-state index contributed by atoms with van der Waals surface area (Å²) in [4.78, 5) is 12.9. The number of aromatic nitrogens is 3. The van der Waals surface area contributed by atoms with Crippen LogP contribution >= 0.6 is 34.2 Å². The second-order valence-corrected chi connectivity index (χ2v) is 5.87. The summed E-state index contributed by atoms with van der Waals surface area (Å²) in [6, 6.07) is 3.77. The second kappa shape index (κ2) is 5.93. The molecule has 94 valence electrons. The normalized spacial score (nSPS) is 10.9. The van der Waals surface area contributed by atoms with Crippen molar-refractivity contribution in [2.75, 3.05) is 0 Å². The highest BCUT2D eigenvalue weighted by atomic mass is 127. The summed E-state index contributed by atoms with van der Waals surface area (Å²) in [5.74, 6) is 1.20. The van der Waals surface area contributed by atoms with Gasteiger partial charge in [0.1, 0.15) is 5.15 Å². The van der Waals surface area contributed by atoms with Crippen molar-refractivity contribution in [2.24, 2.45) is 5.92 Å². The van der Waals surface area contributed by atoms with Crippen LogP contribution < -0.4 is 0 Å². The molecule has 0 saturated heterocycles. The lowest BCUT2D eigenvalue weighted by atomic mass is 10.1. The van der Waals surface area contributed by atoms with Gasteiger partial charge >= 0.3 is 0 Å². The molecule has 2 aromatic rings. The molecule has 0 unspecified atom stereocenters. The van der Waals surface area contributed by atoms with Crippen LogP contribution in [0.4, 0.5) is 0 Å². The zero-order valence-corrected chi connectivity index (χ0v) is 13.1. The van der Waals surface area contributed by atoms with Crippen LogP contribution in [0.25, 0.3) is 11.4 Å². The van der Waals surface area contributed by atoms with E-state index in [1.807, 2.05) is 12.1 Å². The highest BCUT2D eigenvalue weighted by molar-refractivity contribution is 14.1. The van der Waals surface area contributed by atoms with Crippen molar-refractivity contribution in [3.8, 4) is 11.4 Å². The van der Waals surface area contributed by atoms with E-state index in [4.69, 9.17) is 11.6 Å². The maximum absolute atomic E-state index is 6.18. The van der Waals surface area contributed by atoms with Crippen molar-refractivity contribution in [1.29, 1.82) is 0 Å². The first-order chi connectivity index (χ1) is 8.58. The van der Waals surface area contributed by atoms with Gasteiger partial charge in [-0.2, -0.15) is 0 Å². The Kier molecular flexibility index (Phi) is 4.50. The molecule has 0 bridgehead atoms. The lowest BCUT2D eigenvalue weighted by Crippen LogP contribution is -2.04.